The quantitative estimate of drug-likeness (QED) is 0.725. The molecule has 24 heavy (non-hydrogen) atoms. The van der Waals surface area contributed by atoms with Crippen molar-refractivity contribution in [3.63, 3.8) is 0 Å². The summed E-state index contributed by atoms with van der Waals surface area (Å²) in [5.74, 6) is 0. The SMILES string of the molecule is N#Cc1ccc(C=c2[nH]c(=O)c(=Cc3ccccc3)[nH]c2=O)cc1. The highest BCUT2D eigenvalue weighted by molar-refractivity contribution is 5.50. The van der Waals surface area contributed by atoms with E-state index in [1.165, 1.54) is 0 Å². The Morgan fingerprint density at radius 2 is 1.25 bits per heavy atom. The Hall–Kier alpha value is -3.65. The number of aromatic amines is 2. The van der Waals surface area contributed by atoms with Gasteiger partial charge >= 0.3 is 0 Å². The Bertz CT molecular complexity index is 1130. The number of H-pyrrole nitrogens is 2. The van der Waals surface area contributed by atoms with Gasteiger partial charge in [-0.15, -0.1) is 0 Å². The van der Waals surface area contributed by atoms with Crippen molar-refractivity contribution < 1.29 is 0 Å². The van der Waals surface area contributed by atoms with Gasteiger partial charge in [0.05, 0.1) is 11.6 Å². The van der Waals surface area contributed by atoms with Crippen LogP contribution in [0.1, 0.15) is 16.7 Å². The molecule has 0 radical (unpaired) electrons. The molecule has 0 aliphatic heterocycles. The minimum Gasteiger partial charge on any atom is -0.316 e. The third-order valence-electron chi connectivity index (χ3n) is 3.45. The Labute approximate surface area is 136 Å². The summed E-state index contributed by atoms with van der Waals surface area (Å²) in [5.41, 5.74) is 1.30. The van der Waals surface area contributed by atoms with E-state index in [2.05, 4.69) is 9.97 Å². The second kappa shape index (κ2) is 6.63. The minimum atomic E-state index is -0.388. The molecule has 2 N–H and O–H groups in total. The van der Waals surface area contributed by atoms with E-state index in [-0.39, 0.29) is 21.8 Å². The van der Waals surface area contributed by atoms with Gasteiger partial charge in [-0.05, 0) is 35.4 Å². The van der Waals surface area contributed by atoms with E-state index >= 15 is 0 Å². The maximum atomic E-state index is 12.2. The lowest BCUT2D eigenvalue weighted by molar-refractivity contribution is 1.00. The van der Waals surface area contributed by atoms with E-state index in [0.717, 1.165) is 11.1 Å². The summed E-state index contributed by atoms with van der Waals surface area (Å²) in [4.78, 5) is 29.5. The second-order valence-electron chi connectivity index (χ2n) is 5.17. The average molecular weight is 315 g/mol. The van der Waals surface area contributed by atoms with Crippen LogP contribution in [0.25, 0.3) is 12.2 Å². The lowest BCUT2D eigenvalue weighted by Gasteiger charge is -1.95. The lowest BCUT2D eigenvalue weighted by atomic mass is 10.1. The van der Waals surface area contributed by atoms with Crippen molar-refractivity contribution in [2.45, 2.75) is 0 Å². The van der Waals surface area contributed by atoms with Crippen LogP contribution in [0.15, 0.2) is 64.2 Å². The second-order valence-corrected chi connectivity index (χ2v) is 5.17. The van der Waals surface area contributed by atoms with Crippen molar-refractivity contribution in [3.8, 4) is 6.07 Å². The van der Waals surface area contributed by atoms with Gasteiger partial charge in [-0.25, -0.2) is 0 Å². The predicted molar refractivity (Wildman–Crippen MR) is 91.7 cm³/mol. The first-order valence-electron chi connectivity index (χ1n) is 7.27. The van der Waals surface area contributed by atoms with E-state index in [1.807, 2.05) is 36.4 Å². The van der Waals surface area contributed by atoms with Crippen LogP contribution in [-0.4, -0.2) is 9.97 Å². The smallest absolute Gasteiger partial charge is 0.272 e. The van der Waals surface area contributed by atoms with Gasteiger partial charge in [0.15, 0.2) is 0 Å². The molecule has 0 amide bonds. The molecule has 0 saturated carbocycles. The molecule has 1 heterocycles. The number of rotatable bonds is 2. The van der Waals surface area contributed by atoms with E-state index in [4.69, 9.17) is 5.26 Å². The fourth-order valence-electron chi connectivity index (χ4n) is 2.23. The molecule has 5 heteroatoms. The maximum Gasteiger partial charge on any atom is 0.272 e. The van der Waals surface area contributed by atoms with E-state index < -0.39 is 0 Å². The zero-order valence-corrected chi connectivity index (χ0v) is 12.6. The van der Waals surface area contributed by atoms with E-state index in [1.54, 1.807) is 36.4 Å². The number of benzene rings is 2. The third kappa shape index (κ3) is 3.39. The highest BCUT2D eigenvalue weighted by Gasteiger charge is 1.97. The van der Waals surface area contributed by atoms with Gasteiger partial charge in [0.25, 0.3) is 11.1 Å². The average Bonchev–Trinajstić information content (AvgIpc) is 2.61. The first-order valence-corrected chi connectivity index (χ1v) is 7.27. The first kappa shape index (κ1) is 15.3. The van der Waals surface area contributed by atoms with Crippen LogP contribution in [0.5, 0.6) is 0 Å². The Kier molecular flexibility index (Phi) is 4.21. The number of nitriles is 1. The summed E-state index contributed by atoms with van der Waals surface area (Å²) in [7, 11) is 0. The molecule has 3 aromatic rings. The van der Waals surface area contributed by atoms with Crippen LogP contribution < -0.4 is 21.8 Å². The molecule has 0 aliphatic carbocycles. The summed E-state index contributed by atoms with van der Waals surface area (Å²) in [6, 6.07) is 18.0. The van der Waals surface area contributed by atoms with Crippen LogP contribution >= 0.6 is 0 Å². The molecular formula is C19H13N3O2. The van der Waals surface area contributed by atoms with Crippen molar-refractivity contribution in [3.05, 3.63) is 103 Å². The normalized spacial score (nSPS) is 12.1. The van der Waals surface area contributed by atoms with Gasteiger partial charge in [0, 0.05) is 0 Å². The summed E-state index contributed by atoms with van der Waals surface area (Å²) < 4.78 is 0. The molecule has 0 saturated heterocycles. The Balaban J connectivity index is 2.09. The molecule has 0 unspecified atom stereocenters. The number of hydrogen-bond acceptors (Lipinski definition) is 3. The summed E-state index contributed by atoms with van der Waals surface area (Å²) >= 11 is 0. The molecule has 0 aliphatic rings. The molecule has 5 nitrogen and oxygen atoms in total. The molecule has 0 bridgehead atoms. The van der Waals surface area contributed by atoms with Crippen LogP contribution in [0, 0.1) is 11.3 Å². The number of nitrogens with one attached hydrogen (secondary N) is 2. The Morgan fingerprint density at radius 1 is 0.750 bits per heavy atom. The fourth-order valence-corrected chi connectivity index (χ4v) is 2.23. The van der Waals surface area contributed by atoms with Crippen molar-refractivity contribution in [2.24, 2.45) is 0 Å². The topological polar surface area (TPSA) is 89.5 Å². The largest absolute Gasteiger partial charge is 0.316 e. The zero-order chi connectivity index (χ0) is 16.9. The maximum absolute atomic E-state index is 12.2. The first-order chi connectivity index (χ1) is 11.7. The number of nitrogens with zero attached hydrogens (tertiary/aromatic N) is 1. The number of aromatic nitrogens is 2. The van der Waals surface area contributed by atoms with Crippen molar-refractivity contribution in [2.75, 3.05) is 0 Å². The van der Waals surface area contributed by atoms with Crippen LogP contribution in [0.2, 0.25) is 0 Å². The zero-order valence-electron chi connectivity index (χ0n) is 12.6. The Morgan fingerprint density at radius 3 is 1.75 bits per heavy atom. The van der Waals surface area contributed by atoms with Gasteiger partial charge in [-0.3, -0.25) is 9.59 Å². The number of hydrogen-bond donors (Lipinski definition) is 2. The highest BCUT2D eigenvalue weighted by atomic mass is 16.1. The predicted octanol–water partition coefficient (Wildman–Crippen LogP) is 0.592. The molecule has 1 aromatic heterocycles. The summed E-state index contributed by atoms with van der Waals surface area (Å²) in [6.07, 6.45) is 3.18. The van der Waals surface area contributed by atoms with Gasteiger partial charge in [0.1, 0.15) is 10.7 Å². The monoisotopic (exact) mass is 315 g/mol. The summed E-state index contributed by atoms with van der Waals surface area (Å²) in [6.45, 7) is 0. The molecule has 2 aromatic carbocycles. The van der Waals surface area contributed by atoms with Gasteiger partial charge in [-0.2, -0.15) is 5.26 Å². The summed E-state index contributed by atoms with van der Waals surface area (Å²) in [5, 5.41) is 9.14. The van der Waals surface area contributed by atoms with Gasteiger partial charge < -0.3 is 9.97 Å². The van der Waals surface area contributed by atoms with Crippen molar-refractivity contribution in [1.82, 2.24) is 9.97 Å². The van der Waals surface area contributed by atoms with Crippen LogP contribution in [-0.2, 0) is 0 Å². The van der Waals surface area contributed by atoms with Crippen LogP contribution in [0.3, 0.4) is 0 Å². The van der Waals surface area contributed by atoms with Gasteiger partial charge in [-0.1, -0.05) is 42.5 Å². The molecule has 0 fully saturated rings. The molecule has 0 spiro atoms. The third-order valence-corrected chi connectivity index (χ3v) is 3.45. The lowest BCUT2D eigenvalue weighted by Crippen LogP contribution is -2.46. The van der Waals surface area contributed by atoms with Crippen LogP contribution in [0.4, 0.5) is 0 Å². The fraction of sp³-hybridized carbons (Fsp3) is 0. The molecule has 0 atom stereocenters. The minimum absolute atomic E-state index is 0.162. The van der Waals surface area contributed by atoms with Crippen molar-refractivity contribution in [1.29, 1.82) is 5.26 Å². The highest BCUT2D eigenvalue weighted by Crippen LogP contribution is 2.03. The van der Waals surface area contributed by atoms with Gasteiger partial charge in [0.2, 0.25) is 0 Å². The molecule has 116 valence electrons. The van der Waals surface area contributed by atoms with E-state index in [9.17, 15) is 9.59 Å². The molecule has 3 rings (SSSR count). The van der Waals surface area contributed by atoms with E-state index in [0.29, 0.717) is 5.56 Å². The van der Waals surface area contributed by atoms with Crippen molar-refractivity contribution >= 4 is 12.2 Å². The standard InChI is InChI=1S/C19H13N3O2/c20-12-15-8-6-14(7-9-15)11-17-19(24)21-16(18(23)22-17)10-13-4-2-1-3-5-13/h1-11H,(H,21,24)(H,22,23). The molecular weight excluding hydrogens is 302 g/mol.